The highest BCUT2D eigenvalue weighted by molar-refractivity contribution is 6.06. The number of hydrogen-bond donors (Lipinski definition) is 2. The van der Waals surface area contributed by atoms with Gasteiger partial charge >= 0.3 is 0 Å². The summed E-state index contributed by atoms with van der Waals surface area (Å²) in [6.07, 6.45) is 3.65. The normalized spacial score (nSPS) is 14.6. The summed E-state index contributed by atoms with van der Waals surface area (Å²) < 4.78 is 0. The molecule has 0 saturated carbocycles. The Morgan fingerprint density at radius 3 is 2.61 bits per heavy atom. The minimum absolute atomic E-state index is 0.0995. The average Bonchev–Trinajstić information content (AvgIpc) is 2.56. The SMILES string of the molecule is Cc1cccc(C(=O)Nc2cc(N)ccc2N2CCCCC2)c1. The number of carbonyl (C=O) groups is 1. The molecule has 1 fully saturated rings. The van der Waals surface area contributed by atoms with E-state index in [0.717, 1.165) is 30.0 Å². The van der Waals surface area contributed by atoms with Gasteiger partial charge in [0.1, 0.15) is 0 Å². The number of hydrogen-bond acceptors (Lipinski definition) is 3. The first kappa shape index (κ1) is 15.4. The van der Waals surface area contributed by atoms with Crippen molar-refractivity contribution in [1.82, 2.24) is 0 Å². The van der Waals surface area contributed by atoms with Crippen molar-refractivity contribution in [1.29, 1.82) is 0 Å². The van der Waals surface area contributed by atoms with E-state index < -0.39 is 0 Å². The molecule has 1 heterocycles. The Morgan fingerprint density at radius 1 is 1.09 bits per heavy atom. The van der Waals surface area contributed by atoms with Gasteiger partial charge in [-0.15, -0.1) is 0 Å². The van der Waals surface area contributed by atoms with Gasteiger partial charge in [0.05, 0.1) is 11.4 Å². The zero-order valence-electron chi connectivity index (χ0n) is 13.5. The Kier molecular flexibility index (Phi) is 4.51. The molecule has 4 nitrogen and oxygen atoms in total. The molecule has 3 N–H and O–H groups in total. The van der Waals surface area contributed by atoms with E-state index in [1.54, 1.807) is 0 Å². The van der Waals surface area contributed by atoms with Crippen LogP contribution in [0.25, 0.3) is 0 Å². The fourth-order valence-electron chi connectivity index (χ4n) is 3.05. The molecule has 4 heteroatoms. The molecule has 1 amide bonds. The lowest BCUT2D eigenvalue weighted by Gasteiger charge is -2.30. The zero-order valence-corrected chi connectivity index (χ0v) is 13.5. The summed E-state index contributed by atoms with van der Waals surface area (Å²) in [7, 11) is 0. The van der Waals surface area contributed by atoms with Gasteiger partial charge in [-0.25, -0.2) is 0 Å². The monoisotopic (exact) mass is 309 g/mol. The smallest absolute Gasteiger partial charge is 0.255 e. The van der Waals surface area contributed by atoms with E-state index >= 15 is 0 Å². The highest BCUT2D eigenvalue weighted by Gasteiger charge is 2.16. The van der Waals surface area contributed by atoms with E-state index in [0.29, 0.717) is 11.3 Å². The van der Waals surface area contributed by atoms with Crippen LogP contribution in [0.2, 0.25) is 0 Å². The summed E-state index contributed by atoms with van der Waals surface area (Å²) in [6, 6.07) is 13.3. The molecule has 3 rings (SSSR count). The van der Waals surface area contributed by atoms with Crippen LogP contribution in [0.3, 0.4) is 0 Å². The first-order chi connectivity index (χ1) is 11.1. The maximum atomic E-state index is 12.5. The molecule has 1 aliphatic heterocycles. The highest BCUT2D eigenvalue weighted by atomic mass is 16.1. The lowest BCUT2D eigenvalue weighted by Crippen LogP contribution is -2.30. The molecule has 120 valence electrons. The van der Waals surface area contributed by atoms with E-state index in [1.807, 2.05) is 49.4 Å². The van der Waals surface area contributed by atoms with E-state index in [1.165, 1.54) is 19.3 Å². The van der Waals surface area contributed by atoms with E-state index in [-0.39, 0.29) is 5.91 Å². The van der Waals surface area contributed by atoms with E-state index in [2.05, 4.69) is 10.2 Å². The summed E-state index contributed by atoms with van der Waals surface area (Å²) >= 11 is 0. The van der Waals surface area contributed by atoms with Crippen molar-refractivity contribution < 1.29 is 4.79 Å². The summed E-state index contributed by atoms with van der Waals surface area (Å²) in [5.74, 6) is -0.0995. The van der Waals surface area contributed by atoms with Gasteiger partial charge in [-0.3, -0.25) is 4.79 Å². The van der Waals surface area contributed by atoms with Crippen LogP contribution in [-0.2, 0) is 0 Å². The van der Waals surface area contributed by atoms with Gasteiger partial charge in [0.15, 0.2) is 0 Å². The molecule has 0 unspecified atom stereocenters. The molecule has 0 radical (unpaired) electrons. The number of anilines is 3. The topological polar surface area (TPSA) is 58.4 Å². The van der Waals surface area contributed by atoms with Crippen LogP contribution >= 0.6 is 0 Å². The van der Waals surface area contributed by atoms with Crippen LogP contribution in [0.1, 0.15) is 35.2 Å². The maximum absolute atomic E-state index is 12.5. The molecule has 0 aromatic heterocycles. The summed E-state index contributed by atoms with van der Waals surface area (Å²) in [6.45, 7) is 4.03. The number of aryl methyl sites for hydroxylation is 1. The Hall–Kier alpha value is -2.49. The fourth-order valence-corrected chi connectivity index (χ4v) is 3.05. The number of nitrogens with one attached hydrogen (secondary N) is 1. The quantitative estimate of drug-likeness (QED) is 0.847. The second-order valence-electron chi connectivity index (χ2n) is 6.15. The van der Waals surface area contributed by atoms with Crippen molar-refractivity contribution in [3.63, 3.8) is 0 Å². The summed E-state index contributed by atoms with van der Waals surface area (Å²) in [5.41, 5.74) is 10.2. The molecule has 2 aromatic carbocycles. The van der Waals surface area contributed by atoms with Crippen molar-refractivity contribution in [2.24, 2.45) is 0 Å². The third kappa shape index (κ3) is 3.65. The largest absolute Gasteiger partial charge is 0.399 e. The molecular formula is C19H23N3O. The predicted molar refractivity (Wildman–Crippen MR) is 96.1 cm³/mol. The molecular weight excluding hydrogens is 286 g/mol. The number of nitrogen functional groups attached to an aromatic ring is 1. The lowest BCUT2D eigenvalue weighted by atomic mass is 10.1. The second kappa shape index (κ2) is 6.73. The molecule has 0 aliphatic carbocycles. The summed E-state index contributed by atoms with van der Waals surface area (Å²) in [5, 5.41) is 3.03. The van der Waals surface area contributed by atoms with Gasteiger partial charge in [0.2, 0.25) is 0 Å². The number of piperidine rings is 1. The van der Waals surface area contributed by atoms with Crippen molar-refractivity contribution in [2.45, 2.75) is 26.2 Å². The van der Waals surface area contributed by atoms with Crippen molar-refractivity contribution in [3.05, 3.63) is 53.6 Å². The van der Waals surface area contributed by atoms with Gasteiger partial charge in [-0.05, 0) is 56.5 Å². The number of nitrogens with two attached hydrogens (primary N) is 1. The lowest BCUT2D eigenvalue weighted by molar-refractivity contribution is 0.102. The Bertz CT molecular complexity index is 706. The van der Waals surface area contributed by atoms with Crippen LogP contribution in [0.15, 0.2) is 42.5 Å². The number of benzene rings is 2. The van der Waals surface area contributed by atoms with Crippen LogP contribution in [0.4, 0.5) is 17.1 Å². The van der Waals surface area contributed by atoms with Crippen molar-refractivity contribution in [3.8, 4) is 0 Å². The van der Waals surface area contributed by atoms with Gasteiger partial charge < -0.3 is 16.0 Å². The first-order valence-corrected chi connectivity index (χ1v) is 8.16. The minimum Gasteiger partial charge on any atom is -0.399 e. The van der Waals surface area contributed by atoms with Gasteiger partial charge in [-0.2, -0.15) is 0 Å². The Morgan fingerprint density at radius 2 is 1.87 bits per heavy atom. The number of amides is 1. The molecule has 1 saturated heterocycles. The minimum atomic E-state index is -0.0995. The average molecular weight is 309 g/mol. The van der Waals surface area contributed by atoms with Crippen LogP contribution in [-0.4, -0.2) is 19.0 Å². The molecule has 23 heavy (non-hydrogen) atoms. The molecule has 0 atom stereocenters. The fraction of sp³-hybridized carbons (Fsp3) is 0.316. The van der Waals surface area contributed by atoms with Gasteiger partial charge in [-0.1, -0.05) is 17.7 Å². The number of carbonyl (C=O) groups excluding carboxylic acids is 1. The van der Waals surface area contributed by atoms with Gasteiger partial charge in [0, 0.05) is 24.3 Å². The molecule has 1 aliphatic rings. The third-order valence-electron chi connectivity index (χ3n) is 4.25. The standard InChI is InChI=1S/C19H23N3O/c1-14-6-5-7-15(12-14)19(23)21-17-13-16(20)8-9-18(17)22-10-3-2-4-11-22/h5-9,12-13H,2-4,10-11,20H2,1H3,(H,21,23). The molecule has 2 aromatic rings. The van der Waals surface area contributed by atoms with Crippen LogP contribution in [0.5, 0.6) is 0 Å². The number of nitrogens with zero attached hydrogens (tertiary/aromatic N) is 1. The Balaban J connectivity index is 1.86. The maximum Gasteiger partial charge on any atom is 0.255 e. The Labute approximate surface area is 137 Å². The second-order valence-corrected chi connectivity index (χ2v) is 6.15. The zero-order chi connectivity index (χ0) is 16.2. The first-order valence-electron chi connectivity index (χ1n) is 8.16. The summed E-state index contributed by atoms with van der Waals surface area (Å²) in [4.78, 5) is 14.9. The predicted octanol–water partition coefficient (Wildman–Crippen LogP) is 3.82. The van der Waals surface area contributed by atoms with Crippen molar-refractivity contribution in [2.75, 3.05) is 29.0 Å². The van der Waals surface area contributed by atoms with Gasteiger partial charge in [0.25, 0.3) is 5.91 Å². The van der Waals surface area contributed by atoms with E-state index in [4.69, 9.17) is 5.73 Å². The third-order valence-corrected chi connectivity index (χ3v) is 4.25. The van der Waals surface area contributed by atoms with Crippen molar-refractivity contribution >= 4 is 23.0 Å². The van der Waals surface area contributed by atoms with Crippen LogP contribution < -0.4 is 16.0 Å². The van der Waals surface area contributed by atoms with E-state index in [9.17, 15) is 4.79 Å². The number of rotatable bonds is 3. The van der Waals surface area contributed by atoms with Crippen LogP contribution in [0, 0.1) is 6.92 Å². The highest BCUT2D eigenvalue weighted by Crippen LogP contribution is 2.30. The molecule has 0 spiro atoms. The molecule has 0 bridgehead atoms.